The zero-order valence-electron chi connectivity index (χ0n) is 14.4. The molecule has 0 saturated carbocycles. The van der Waals surface area contributed by atoms with Gasteiger partial charge in [-0.1, -0.05) is 17.3 Å². The molecule has 3 aromatic rings. The van der Waals surface area contributed by atoms with E-state index in [1.54, 1.807) is 11.2 Å². The van der Waals surface area contributed by atoms with Crippen LogP contribution in [0.3, 0.4) is 0 Å². The first kappa shape index (κ1) is 16.4. The third kappa shape index (κ3) is 3.33. The van der Waals surface area contributed by atoms with Crippen molar-refractivity contribution in [1.29, 1.82) is 0 Å². The van der Waals surface area contributed by atoms with Gasteiger partial charge in [0.25, 0.3) is 0 Å². The summed E-state index contributed by atoms with van der Waals surface area (Å²) in [4.78, 5) is 18.5. The summed E-state index contributed by atoms with van der Waals surface area (Å²) in [7, 11) is 0. The number of hydrogen-bond donors (Lipinski definition) is 0. The number of rotatable bonds is 6. The quantitative estimate of drug-likeness (QED) is 0.677. The number of benzene rings is 1. The van der Waals surface area contributed by atoms with Crippen molar-refractivity contribution in [1.82, 2.24) is 15.0 Å². The molecule has 0 bridgehead atoms. The minimum atomic E-state index is -0.103. The van der Waals surface area contributed by atoms with E-state index < -0.39 is 0 Å². The van der Waals surface area contributed by atoms with Gasteiger partial charge in [-0.25, -0.2) is 0 Å². The molecule has 4 rings (SSSR count). The van der Waals surface area contributed by atoms with E-state index in [1.807, 2.05) is 43.3 Å². The van der Waals surface area contributed by atoms with Crippen molar-refractivity contribution in [3.63, 3.8) is 0 Å². The lowest BCUT2D eigenvalue weighted by molar-refractivity contribution is -0.128. The molecular weight excluding hydrogens is 334 g/mol. The predicted octanol–water partition coefficient (Wildman–Crippen LogP) is 3.24. The van der Waals surface area contributed by atoms with Crippen LogP contribution in [0.4, 0.5) is 0 Å². The van der Waals surface area contributed by atoms with E-state index in [4.69, 9.17) is 13.7 Å². The number of amides is 1. The van der Waals surface area contributed by atoms with Crippen molar-refractivity contribution in [2.45, 2.75) is 25.8 Å². The Bertz CT molecular complexity index is 888. The molecule has 0 radical (unpaired) electrons. The Morgan fingerprint density at radius 2 is 2.23 bits per heavy atom. The third-order valence-electron chi connectivity index (χ3n) is 4.34. The van der Waals surface area contributed by atoms with Crippen LogP contribution in [-0.4, -0.2) is 34.1 Å². The van der Waals surface area contributed by atoms with E-state index in [0.717, 1.165) is 17.1 Å². The van der Waals surface area contributed by atoms with Crippen molar-refractivity contribution in [2.75, 3.05) is 13.2 Å². The standard InChI is InChI=1S/C19H19N3O4/c1-2-24-15-6-3-5-13(9-15)18-20-19(26-21-18)14-10-17(23)22(11-14)12-16-7-4-8-25-16/h3-9,14H,2,10-12H2,1H3. The van der Waals surface area contributed by atoms with Gasteiger partial charge in [0, 0.05) is 18.5 Å². The Labute approximate surface area is 150 Å². The van der Waals surface area contributed by atoms with Crippen LogP contribution in [0.1, 0.15) is 30.9 Å². The highest BCUT2D eigenvalue weighted by Crippen LogP contribution is 2.30. The summed E-state index contributed by atoms with van der Waals surface area (Å²) in [5.74, 6) is 2.46. The number of ether oxygens (including phenoxy) is 1. The summed E-state index contributed by atoms with van der Waals surface area (Å²) in [5, 5.41) is 4.07. The fourth-order valence-corrected chi connectivity index (χ4v) is 3.09. The van der Waals surface area contributed by atoms with Gasteiger partial charge in [0.2, 0.25) is 17.6 Å². The van der Waals surface area contributed by atoms with E-state index in [2.05, 4.69) is 10.1 Å². The summed E-state index contributed by atoms with van der Waals surface area (Å²) in [6.07, 6.45) is 1.97. The molecule has 1 unspecified atom stereocenters. The molecule has 3 heterocycles. The van der Waals surface area contributed by atoms with Crippen molar-refractivity contribution >= 4 is 5.91 Å². The number of carbonyl (C=O) groups is 1. The molecule has 1 aliphatic heterocycles. The molecule has 1 atom stereocenters. The highest BCUT2D eigenvalue weighted by molar-refractivity contribution is 5.79. The van der Waals surface area contributed by atoms with Gasteiger partial charge in [-0.15, -0.1) is 0 Å². The second-order valence-corrected chi connectivity index (χ2v) is 6.17. The molecule has 0 spiro atoms. The molecular formula is C19H19N3O4. The van der Waals surface area contributed by atoms with E-state index in [0.29, 0.717) is 37.8 Å². The zero-order chi connectivity index (χ0) is 17.9. The second kappa shape index (κ2) is 7.03. The fourth-order valence-electron chi connectivity index (χ4n) is 3.09. The summed E-state index contributed by atoms with van der Waals surface area (Å²) in [6, 6.07) is 11.2. The van der Waals surface area contributed by atoms with Crippen LogP contribution < -0.4 is 4.74 Å². The van der Waals surface area contributed by atoms with E-state index >= 15 is 0 Å². The monoisotopic (exact) mass is 353 g/mol. The Balaban J connectivity index is 1.48. The molecule has 2 aromatic heterocycles. The molecule has 1 aliphatic rings. The molecule has 1 fully saturated rings. The lowest BCUT2D eigenvalue weighted by atomic mass is 10.1. The van der Waals surface area contributed by atoms with Gasteiger partial charge in [-0.3, -0.25) is 4.79 Å². The molecule has 7 heteroatoms. The van der Waals surface area contributed by atoms with Crippen LogP contribution >= 0.6 is 0 Å². The van der Waals surface area contributed by atoms with Crippen LogP contribution in [-0.2, 0) is 11.3 Å². The largest absolute Gasteiger partial charge is 0.494 e. The number of nitrogens with zero attached hydrogens (tertiary/aromatic N) is 3. The van der Waals surface area contributed by atoms with Crippen molar-refractivity contribution in [3.8, 4) is 17.1 Å². The number of furan rings is 1. The third-order valence-corrected chi connectivity index (χ3v) is 4.34. The minimum absolute atomic E-state index is 0.0597. The molecule has 1 amide bonds. The molecule has 1 saturated heterocycles. The van der Waals surface area contributed by atoms with Gasteiger partial charge >= 0.3 is 0 Å². The van der Waals surface area contributed by atoms with E-state index in [9.17, 15) is 4.79 Å². The minimum Gasteiger partial charge on any atom is -0.494 e. The summed E-state index contributed by atoms with van der Waals surface area (Å²) in [5.41, 5.74) is 0.822. The molecule has 0 aliphatic carbocycles. The first-order valence-corrected chi connectivity index (χ1v) is 8.60. The number of aromatic nitrogens is 2. The van der Waals surface area contributed by atoms with Gasteiger partial charge in [-0.2, -0.15) is 4.98 Å². The van der Waals surface area contributed by atoms with Crippen LogP contribution in [0, 0.1) is 0 Å². The molecule has 0 N–H and O–H groups in total. The van der Waals surface area contributed by atoms with E-state index in [-0.39, 0.29) is 11.8 Å². The first-order chi connectivity index (χ1) is 12.7. The molecule has 1 aromatic carbocycles. The van der Waals surface area contributed by atoms with E-state index in [1.165, 1.54) is 0 Å². The Hall–Kier alpha value is -3.09. The second-order valence-electron chi connectivity index (χ2n) is 6.17. The van der Waals surface area contributed by atoms with Crippen molar-refractivity contribution in [2.24, 2.45) is 0 Å². The van der Waals surface area contributed by atoms with Crippen LogP contribution in [0.2, 0.25) is 0 Å². The average molecular weight is 353 g/mol. The van der Waals surface area contributed by atoms with Gasteiger partial charge in [-0.05, 0) is 31.2 Å². The fraction of sp³-hybridized carbons (Fsp3) is 0.316. The Morgan fingerprint density at radius 1 is 1.31 bits per heavy atom. The summed E-state index contributed by atoms with van der Waals surface area (Å²) in [6.45, 7) is 3.53. The number of carbonyl (C=O) groups excluding carboxylic acids is 1. The van der Waals surface area contributed by atoms with Gasteiger partial charge in [0.1, 0.15) is 11.5 Å². The Kier molecular flexibility index (Phi) is 4.43. The normalized spacial score (nSPS) is 17.0. The highest BCUT2D eigenvalue weighted by atomic mass is 16.5. The number of likely N-dealkylation sites (tertiary alicyclic amines) is 1. The van der Waals surface area contributed by atoms with Gasteiger partial charge < -0.3 is 18.6 Å². The SMILES string of the molecule is CCOc1cccc(-c2noc(C3CC(=O)N(Cc4ccco4)C3)n2)c1. The maximum atomic E-state index is 12.3. The van der Waals surface area contributed by atoms with Gasteiger partial charge in [0.05, 0.1) is 25.3 Å². The molecule has 7 nitrogen and oxygen atoms in total. The van der Waals surface area contributed by atoms with Gasteiger partial charge in [0.15, 0.2) is 0 Å². The van der Waals surface area contributed by atoms with Crippen LogP contribution in [0.5, 0.6) is 5.75 Å². The van der Waals surface area contributed by atoms with Crippen LogP contribution in [0.15, 0.2) is 51.6 Å². The van der Waals surface area contributed by atoms with Crippen LogP contribution in [0.25, 0.3) is 11.4 Å². The lowest BCUT2D eigenvalue weighted by Gasteiger charge is -2.13. The molecule has 26 heavy (non-hydrogen) atoms. The predicted molar refractivity (Wildman–Crippen MR) is 92.4 cm³/mol. The maximum absolute atomic E-state index is 12.3. The summed E-state index contributed by atoms with van der Waals surface area (Å²) < 4.78 is 16.3. The smallest absolute Gasteiger partial charge is 0.232 e. The Morgan fingerprint density at radius 3 is 3.04 bits per heavy atom. The zero-order valence-corrected chi connectivity index (χ0v) is 14.4. The topological polar surface area (TPSA) is 81.6 Å². The first-order valence-electron chi connectivity index (χ1n) is 8.60. The number of hydrogen-bond acceptors (Lipinski definition) is 6. The summed E-state index contributed by atoms with van der Waals surface area (Å²) >= 11 is 0. The maximum Gasteiger partial charge on any atom is 0.232 e. The lowest BCUT2D eigenvalue weighted by Crippen LogP contribution is -2.24. The molecule has 134 valence electrons. The van der Waals surface area contributed by atoms with Crippen molar-refractivity contribution in [3.05, 3.63) is 54.3 Å². The highest BCUT2D eigenvalue weighted by Gasteiger charge is 2.34. The van der Waals surface area contributed by atoms with Crippen molar-refractivity contribution < 1.29 is 18.5 Å². The average Bonchev–Trinajstić information content (AvgIpc) is 3.38.